The number of benzene rings is 2. The zero-order valence-corrected chi connectivity index (χ0v) is 15.1. The molecular weight excluding hydrogens is 346 g/mol. The number of fused-ring (bicyclic) bond motifs is 2. The Bertz CT molecular complexity index is 886. The monoisotopic (exact) mass is 365 g/mol. The first kappa shape index (κ1) is 19.4. The van der Waals surface area contributed by atoms with Gasteiger partial charge in [-0.05, 0) is 38.5 Å². The Morgan fingerprint density at radius 1 is 0.960 bits per heavy atom. The van der Waals surface area contributed by atoms with Crippen LogP contribution in [0.15, 0.2) is 46.9 Å². The molecule has 0 fully saturated rings. The third-order valence-electron chi connectivity index (χ3n) is 4.01. The van der Waals surface area contributed by atoms with E-state index < -0.39 is 10.2 Å². The van der Waals surface area contributed by atoms with Crippen LogP contribution in [0.4, 0.5) is 0 Å². The molecule has 1 aromatic rings. The summed E-state index contributed by atoms with van der Waals surface area (Å²) in [7, 11) is -4.94. The molecule has 7 heteroatoms. The summed E-state index contributed by atoms with van der Waals surface area (Å²) in [6.45, 7) is 8.54. The van der Waals surface area contributed by atoms with Gasteiger partial charge in [-0.3, -0.25) is 0 Å². The van der Waals surface area contributed by atoms with Crippen LogP contribution in [0.2, 0.25) is 0 Å². The molecule has 0 spiro atoms. The van der Waals surface area contributed by atoms with Crippen LogP contribution in [0.5, 0.6) is 0 Å². The van der Waals surface area contributed by atoms with Gasteiger partial charge in [-0.1, -0.05) is 18.2 Å². The van der Waals surface area contributed by atoms with Gasteiger partial charge in [0.25, 0.3) is 0 Å². The lowest BCUT2D eigenvalue weighted by molar-refractivity contribution is -2.00. The first-order chi connectivity index (χ1) is 11.7. The van der Waals surface area contributed by atoms with Gasteiger partial charge in [0.1, 0.15) is 24.4 Å². The van der Waals surface area contributed by atoms with Crippen LogP contribution < -0.4 is 28.6 Å². The van der Waals surface area contributed by atoms with Gasteiger partial charge >= 0.3 is 0 Å². The van der Waals surface area contributed by atoms with Gasteiger partial charge < -0.3 is 4.42 Å². The SMILES string of the molecule is CC[N+](CC)=c1ccc2c(C)c3ccccc3oc-2c1.[O-][Cl+3]([O-])([O-])[O-]. The summed E-state index contributed by atoms with van der Waals surface area (Å²) in [5.41, 5.74) is 3.43. The van der Waals surface area contributed by atoms with Crippen LogP contribution in [-0.2, 0) is 0 Å². The highest BCUT2D eigenvalue weighted by atomic mass is 35.7. The van der Waals surface area contributed by atoms with Gasteiger partial charge in [-0.15, -0.1) is 10.2 Å². The molecule has 0 bridgehead atoms. The third kappa shape index (κ3) is 5.01. The smallest absolute Gasteiger partial charge is 0.203 e. The predicted octanol–water partition coefficient (Wildman–Crippen LogP) is -1.10. The first-order valence-corrected chi connectivity index (χ1v) is 9.10. The summed E-state index contributed by atoms with van der Waals surface area (Å²) in [4.78, 5) is 0. The van der Waals surface area contributed by atoms with Crippen LogP contribution in [0.25, 0.3) is 22.3 Å². The van der Waals surface area contributed by atoms with E-state index in [4.69, 9.17) is 23.1 Å². The summed E-state index contributed by atoms with van der Waals surface area (Å²) in [5.74, 6) is 0.964. The molecule has 25 heavy (non-hydrogen) atoms. The van der Waals surface area contributed by atoms with E-state index in [1.807, 2.05) is 12.1 Å². The summed E-state index contributed by atoms with van der Waals surface area (Å²) in [6.07, 6.45) is 0. The fourth-order valence-corrected chi connectivity index (χ4v) is 2.82. The zero-order valence-electron chi connectivity index (χ0n) is 14.3. The van der Waals surface area contributed by atoms with Crippen molar-refractivity contribution < 1.29 is 33.3 Å². The molecule has 3 rings (SSSR count). The lowest BCUT2D eigenvalue weighted by Gasteiger charge is -2.17. The van der Waals surface area contributed by atoms with E-state index in [1.165, 1.54) is 21.9 Å². The fourth-order valence-electron chi connectivity index (χ4n) is 2.82. The lowest BCUT2D eigenvalue weighted by atomic mass is 10.0. The lowest BCUT2D eigenvalue weighted by Crippen LogP contribution is -2.68. The van der Waals surface area contributed by atoms with E-state index in [0.29, 0.717) is 0 Å². The molecule has 0 aromatic heterocycles. The minimum atomic E-state index is -4.94. The topological polar surface area (TPSA) is 108 Å². The van der Waals surface area contributed by atoms with Crippen molar-refractivity contribution in [1.29, 1.82) is 0 Å². The second kappa shape index (κ2) is 7.95. The molecule has 1 heterocycles. The summed E-state index contributed by atoms with van der Waals surface area (Å²) in [5, 5.41) is 2.41. The molecule has 1 aromatic carbocycles. The van der Waals surface area contributed by atoms with Crippen molar-refractivity contribution >= 4 is 11.0 Å². The maximum Gasteiger partial charge on any atom is 0.203 e. The van der Waals surface area contributed by atoms with Gasteiger partial charge in [0.2, 0.25) is 5.36 Å². The van der Waals surface area contributed by atoms with Gasteiger partial charge in [0.05, 0.1) is 6.07 Å². The fraction of sp³-hybridized carbons (Fsp3) is 0.278. The number of hydrogen-bond acceptors (Lipinski definition) is 5. The predicted molar refractivity (Wildman–Crippen MR) is 83.9 cm³/mol. The first-order valence-electron chi connectivity index (χ1n) is 7.86. The Kier molecular flexibility index (Phi) is 6.16. The molecule has 0 amide bonds. The minimum absolute atomic E-state index is 0.953. The number of hydrogen-bond donors (Lipinski definition) is 0. The maximum atomic E-state index is 8.49. The van der Waals surface area contributed by atoms with Crippen molar-refractivity contribution in [2.24, 2.45) is 0 Å². The van der Waals surface area contributed by atoms with Crippen LogP contribution in [0.1, 0.15) is 19.4 Å². The second-order valence-electron chi connectivity index (χ2n) is 5.45. The molecular formula is C18H20ClNO5. The molecule has 2 aliphatic rings. The van der Waals surface area contributed by atoms with Crippen molar-refractivity contribution in [3.05, 3.63) is 53.4 Å². The third-order valence-corrected chi connectivity index (χ3v) is 4.01. The normalized spacial score (nSPS) is 11.3. The number of para-hydroxylation sites is 1. The average molecular weight is 366 g/mol. The highest BCUT2D eigenvalue weighted by Gasteiger charge is 2.13. The van der Waals surface area contributed by atoms with Gasteiger partial charge in [0, 0.05) is 17.0 Å². The quantitative estimate of drug-likeness (QED) is 0.423. The van der Waals surface area contributed by atoms with Crippen molar-refractivity contribution in [3.63, 3.8) is 0 Å². The highest BCUT2D eigenvalue weighted by Crippen LogP contribution is 2.31. The largest absolute Gasteiger partial charge is 0.456 e. The Balaban J connectivity index is 0.000000399. The van der Waals surface area contributed by atoms with Crippen LogP contribution in [0.3, 0.4) is 0 Å². The zero-order chi connectivity index (χ0) is 18.6. The maximum absolute atomic E-state index is 8.49. The highest BCUT2D eigenvalue weighted by molar-refractivity contribution is 5.87. The molecule has 1 aliphatic carbocycles. The number of nitrogens with zero attached hydrogens (tertiary/aromatic N) is 1. The Labute approximate surface area is 148 Å². The molecule has 0 unspecified atom stereocenters. The second-order valence-corrected chi connectivity index (χ2v) is 6.21. The Morgan fingerprint density at radius 2 is 1.56 bits per heavy atom. The Hall–Kier alpha value is -1.96. The number of halogens is 1. The summed E-state index contributed by atoms with van der Waals surface area (Å²) < 4.78 is 42.4. The van der Waals surface area contributed by atoms with Crippen LogP contribution >= 0.6 is 0 Å². The Morgan fingerprint density at radius 3 is 2.16 bits per heavy atom. The summed E-state index contributed by atoms with van der Waals surface area (Å²) in [6, 6.07) is 14.7. The van der Waals surface area contributed by atoms with E-state index in [9.17, 15) is 0 Å². The van der Waals surface area contributed by atoms with E-state index in [0.717, 1.165) is 24.4 Å². The summed E-state index contributed by atoms with van der Waals surface area (Å²) >= 11 is 0. The standard InChI is InChI=1S/C18H20NO.ClHO4/c1-4-19(5-2)14-10-11-16-13(3)15-8-6-7-9-17(15)20-18(16)12-14;2-1(3,4)5/h6-12H,4-5H2,1-3H3;(H,2,3,4,5)/q+1;/p-1. The van der Waals surface area contributed by atoms with Crippen molar-refractivity contribution in [1.82, 2.24) is 4.58 Å². The molecule has 0 saturated carbocycles. The minimum Gasteiger partial charge on any atom is -0.456 e. The molecule has 134 valence electrons. The molecule has 0 atom stereocenters. The molecule has 0 saturated heterocycles. The average Bonchev–Trinajstić information content (AvgIpc) is 2.54. The van der Waals surface area contributed by atoms with Crippen molar-refractivity contribution in [2.45, 2.75) is 20.8 Å². The van der Waals surface area contributed by atoms with E-state index in [2.05, 4.69) is 55.7 Å². The molecule has 1 aliphatic heterocycles. The van der Waals surface area contributed by atoms with Gasteiger partial charge in [-0.25, -0.2) is 23.2 Å². The molecule has 6 nitrogen and oxygen atoms in total. The molecule has 0 N–H and O–H groups in total. The van der Waals surface area contributed by atoms with Crippen molar-refractivity contribution in [2.75, 3.05) is 13.1 Å². The number of rotatable bonds is 2. The van der Waals surface area contributed by atoms with E-state index >= 15 is 0 Å². The van der Waals surface area contributed by atoms with Crippen LogP contribution in [-0.4, -0.2) is 13.1 Å². The van der Waals surface area contributed by atoms with Crippen molar-refractivity contribution in [3.8, 4) is 11.3 Å². The van der Waals surface area contributed by atoms with Gasteiger partial charge in [0.15, 0.2) is 0 Å². The number of aryl methyl sites for hydroxylation is 1. The molecule has 0 radical (unpaired) electrons. The van der Waals surface area contributed by atoms with E-state index in [-0.39, 0.29) is 0 Å². The van der Waals surface area contributed by atoms with Crippen LogP contribution in [0, 0.1) is 17.2 Å². The van der Waals surface area contributed by atoms with Gasteiger partial charge in [-0.2, -0.15) is 0 Å². The van der Waals surface area contributed by atoms with E-state index in [1.54, 1.807) is 0 Å².